The van der Waals surface area contributed by atoms with Crippen LogP contribution in [-0.4, -0.2) is 81.2 Å². The van der Waals surface area contributed by atoms with Crippen LogP contribution in [0.1, 0.15) is 18.4 Å². The van der Waals surface area contributed by atoms with Gasteiger partial charge in [-0.2, -0.15) is 26.3 Å². The predicted molar refractivity (Wildman–Crippen MR) is 119 cm³/mol. The van der Waals surface area contributed by atoms with Gasteiger partial charge in [-0.05, 0) is 30.5 Å². The van der Waals surface area contributed by atoms with Crippen LogP contribution in [-0.2, 0) is 25.7 Å². The second kappa shape index (κ2) is 13.2. The number of nitrogens with zero attached hydrogens (tertiary/aromatic N) is 4. The molecule has 0 aromatic carbocycles. The molecule has 1 amide bonds. The lowest BCUT2D eigenvalue weighted by molar-refractivity contribution is -0.193. The summed E-state index contributed by atoms with van der Waals surface area (Å²) in [4.78, 5) is 45.7. The van der Waals surface area contributed by atoms with Crippen molar-refractivity contribution in [2.75, 3.05) is 24.6 Å². The number of aliphatic carboxylic acids is 2. The third-order valence-corrected chi connectivity index (χ3v) is 5.57. The smallest absolute Gasteiger partial charge is 0.475 e. The summed E-state index contributed by atoms with van der Waals surface area (Å²) in [5.41, 5.74) is 0.446. The molecule has 4 heterocycles. The third-order valence-electron chi connectivity index (χ3n) is 5.57. The number of carbonyl (C=O) groups is 3. The lowest BCUT2D eigenvalue weighted by Gasteiger charge is -2.42. The van der Waals surface area contributed by atoms with Crippen molar-refractivity contribution in [3.05, 3.63) is 48.5 Å². The van der Waals surface area contributed by atoms with Crippen molar-refractivity contribution in [1.29, 1.82) is 0 Å². The number of ether oxygens (including phenoxy) is 1. The van der Waals surface area contributed by atoms with Crippen molar-refractivity contribution < 1.29 is 55.7 Å². The molecule has 0 radical (unpaired) electrons. The van der Waals surface area contributed by atoms with Gasteiger partial charge >= 0.3 is 24.3 Å². The molecular formula is C22H23F6N5O6. The number of carbonyl (C=O) groups excluding carboxylic acids is 1. The standard InChI is InChI=1S/C18H21N5O2.2C2HF3O2/c24-16(22-12-14-3-1-6-19-11-14)18-5-10-25-15(18)4-9-23(13-18)17-20-7-2-8-21-17;2*3-2(4,5)1(6)7/h1-3,6-8,11,15H,4-5,9-10,12-13H2,(H,22,24);2*(H,6,7)/t15-,18-;;/m1../s1. The number of alkyl halides is 6. The number of rotatable bonds is 4. The molecule has 2 aromatic rings. The number of carboxylic acids is 2. The Morgan fingerprint density at radius 1 is 1.03 bits per heavy atom. The zero-order valence-corrected chi connectivity index (χ0v) is 19.9. The maximum absolute atomic E-state index is 13.1. The van der Waals surface area contributed by atoms with Crippen molar-refractivity contribution in [2.45, 2.75) is 37.8 Å². The summed E-state index contributed by atoms with van der Waals surface area (Å²) in [6.07, 6.45) is -1.72. The zero-order valence-electron chi connectivity index (χ0n) is 19.9. The van der Waals surface area contributed by atoms with Gasteiger partial charge in [-0.3, -0.25) is 9.78 Å². The fraction of sp³-hybridized carbons (Fsp3) is 0.455. The van der Waals surface area contributed by atoms with Gasteiger partial charge in [0.15, 0.2) is 0 Å². The number of piperidine rings is 1. The Balaban J connectivity index is 0.000000317. The van der Waals surface area contributed by atoms with E-state index in [-0.39, 0.29) is 12.0 Å². The van der Waals surface area contributed by atoms with Gasteiger partial charge in [0, 0.05) is 51.0 Å². The van der Waals surface area contributed by atoms with Crippen molar-refractivity contribution in [3.63, 3.8) is 0 Å². The van der Waals surface area contributed by atoms with E-state index in [1.54, 1.807) is 30.9 Å². The number of nitrogens with one attached hydrogen (secondary N) is 1. The molecule has 4 rings (SSSR count). The van der Waals surface area contributed by atoms with Crippen LogP contribution in [0.2, 0.25) is 0 Å². The average Bonchev–Trinajstić information content (AvgIpc) is 3.33. The van der Waals surface area contributed by atoms with Gasteiger partial charge in [0.05, 0.1) is 11.5 Å². The monoisotopic (exact) mass is 567 g/mol. The van der Waals surface area contributed by atoms with E-state index < -0.39 is 29.7 Å². The minimum Gasteiger partial charge on any atom is -0.475 e. The van der Waals surface area contributed by atoms with E-state index in [2.05, 4.69) is 25.2 Å². The quantitative estimate of drug-likeness (QED) is 0.470. The SMILES string of the molecule is O=C(NCc1cccnc1)[C@@]12CCO[C@@H]1CCN(c1ncccn1)C2.O=C(O)C(F)(F)F.O=C(O)C(F)(F)F. The molecule has 0 bridgehead atoms. The predicted octanol–water partition coefficient (Wildman–Crippen LogP) is 2.44. The van der Waals surface area contributed by atoms with Gasteiger partial charge in [0.1, 0.15) is 0 Å². The van der Waals surface area contributed by atoms with Crippen molar-refractivity contribution in [1.82, 2.24) is 20.3 Å². The molecule has 0 spiro atoms. The summed E-state index contributed by atoms with van der Waals surface area (Å²) in [7, 11) is 0. The van der Waals surface area contributed by atoms with Crippen LogP contribution < -0.4 is 10.2 Å². The molecule has 39 heavy (non-hydrogen) atoms. The second-order valence-electron chi connectivity index (χ2n) is 8.17. The number of pyridine rings is 1. The van der Waals surface area contributed by atoms with Crippen LogP contribution in [0.4, 0.5) is 32.3 Å². The minimum atomic E-state index is -5.08. The van der Waals surface area contributed by atoms with Crippen LogP contribution in [0.5, 0.6) is 0 Å². The largest absolute Gasteiger partial charge is 0.490 e. The summed E-state index contributed by atoms with van der Waals surface area (Å²) in [6.45, 7) is 2.48. The second-order valence-corrected chi connectivity index (χ2v) is 8.17. The lowest BCUT2D eigenvalue weighted by atomic mass is 9.75. The molecule has 3 N–H and O–H groups in total. The van der Waals surface area contributed by atoms with Gasteiger partial charge in [-0.25, -0.2) is 19.6 Å². The first-order chi connectivity index (χ1) is 18.2. The molecule has 0 saturated carbocycles. The maximum Gasteiger partial charge on any atom is 0.490 e. The zero-order chi connectivity index (χ0) is 29.3. The van der Waals surface area contributed by atoms with E-state index in [1.807, 2.05) is 12.1 Å². The molecule has 17 heteroatoms. The number of anilines is 1. The molecule has 11 nitrogen and oxygen atoms in total. The van der Waals surface area contributed by atoms with E-state index in [9.17, 15) is 31.1 Å². The number of carboxylic acid groups (broad SMARTS) is 2. The highest BCUT2D eigenvalue weighted by Gasteiger charge is 2.53. The molecule has 2 fully saturated rings. The van der Waals surface area contributed by atoms with E-state index in [0.29, 0.717) is 25.6 Å². The molecule has 2 aliphatic rings. The van der Waals surface area contributed by atoms with Crippen molar-refractivity contribution in [3.8, 4) is 0 Å². The van der Waals surface area contributed by atoms with Crippen LogP contribution in [0.15, 0.2) is 43.0 Å². The van der Waals surface area contributed by atoms with Gasteiger partial charge in [-0.15, -0.1) is 0 Å². The molecule has 0 unspecified atom stereocenters. The van der Waals surface area contributed by atoms with Crippen LogP contribution in [0, 0.1) is 5.41 Å². The summed E-state index contributed by atoms with van der Waals surface area (Å²) < 4.78 is 69.3. The molecule has 2 aliphatic heterocycles. The fourth-order valence-electron chi connectivity index (χ4n) is 3.75. The first kappa shape index (κ1) is 31.2. The summed E-state index contributed by atoms with van der Waals surface area (Å²) >= 11 is 0. The summed E-state index contributed by atoms with van der Waals surface area (Å²) in [5, 5.41) is 17.3. The highest BCUT2D eigenvalue weighted by molar-refractivity contribution is 5.84. The first-order valence-corrected chi connectivity index (χ1v) is 11.1. The summed E-state index contributed by atoms with van der Waals surface area (Å²) in [6, 6.07) is 5.63. The molecule has 0 aliphatic carbocycles. The Hall–Kier alpha value is -4.02. The van der Waals surface area contributed by atoms with Gasteiger partial charge in [0.25, 0.3) is 0 Å². The highest BCUT2D eigenvalue weighted by Crippen LogP contribution is 2.41. The summed E-state index contributed by atoms with van der Waals surface area (Å²) in [5.74, 6) is -4.80. The van der Waals surface area contributed by atoms with E-state index in [4.69, 9.17) is 24.5 Å². The Morgan fingerprint density at radius 2 is 1.62 bits per heavy atom. The number of hydrogen-bond acceptors (Lipinski definition) is 8. The number of halogens is 6. The average molecular weight is 567 g/mol. The molecule has 214 valence electrons. The van der Waals surface area contributed by atoms with Crippen molar-refractivity contribution in [2.24, 2.45) is 5.41 Å². The van der Waals surface area contributed by atoms with E-state index >= 15 is 0 Å². The number of aromatic nitrogens is 3. The van der Waals surface area contributed by atoms with Crippen molar-refractivity contribution >= 4 is 23.8 Å². The number of fused-ring (bicyclic) bond motifs is 1. The van der Waals surface area contributed by atoms with Crippen LogP contribution in [0.3, 0.4) is 0 Å². The van der Waals surface area contributed by atoms with Gasteiger partial charge in [0.2, 0.25) is 11.9 Å². The van der Waals surface area contributed by atoms with Gasteiger partial charge in [-0.1, -0.05) is 6.07 Å². The Bertz CT molecular complexity index is 1080. The lowest BCUT2D eigenvalue weighted by Crippen LogP contribution is -2.57. The molecule has 2 atom stereocenters. The first-order valence-electron chi connectivity index (χ1n) is 11.1. The minimum absolute atomic E-state index is 0.0404. The Kier molecular flexibility index (Phi) is 10.5. The molecule has 2 aromatic heterocycles. The molecular weight excluding hydrogens is 544 g/mol. The number of amides is 1. The fourth-order valence-corrected chi connectivity index (χ4v) is 3.75. The normalized spacial score (nSPS) is 20.4. The topological polar surface area (TPSA) is 155 Å². The van der Waals surface area contributed by atoms with Gasteiger partial charge < -0.3 is 25.2 Å². The van der Waals surface area contributed by atoms with Crippen LogP contribution >= 0.6 is 0 Å². The Morgan fingerprint density at radius 3 is 2.13 bits per heavy atom. The Labute approximate surface area is 216 Å². The highest BCUT2D eigenvalue weighted by atomic mass is 19.4. The maximum atomic E-state index is 13.1. The van der Waals surface area contributed by atoms with E-state index in [0.717, 1.165) is 24.9 Å². The third kappa shape index (κ3) is 9.05. The number of hydrogen-bond donors (Lipinski definition) is 3. The van der Waals surface area contributed by atoms with Crippen LogP contribution in [0.25, 0.3) is 0 Å². The van der Waals surface area contributed by atoms with E-state index in [1.165, 1.54) is 0 Å². The molecule has 2 saturated heterocycles.